The Morgan fingerprint density at radius 1 is 1.39 bits per heavy atom. The van der Waals surface area contributed by atoms with Gasteiger partial charge in [-0.25, -0.2) is 8.42 Å². The Morgan fingerprint density at radius 3 is 2.74 bits per heavy atom. The Balaban J connectivity index is 3.02. The van der Waals surface area contributed by atoms with Crippen molar-refractivity contribution < 1.29 is 18.3 Å². The van der Waals surface area contributed by atoms with Gasteiger partial charge in [-0.05, 0) is 24.6 Å². The average molecular weight is 338 g/mol. The van der Waals surface area contributed by atoms with Crippen LogP contribution in [0.5, 0.6) is 0 Å². The van der Waals surface area contributed by atoms with Crippen LogP contribution in [0.1, 0.15) is 30.1 Å². The summed E-state index contributed by atoms with van der Waals surface area (Å²) in [5.74, 6) is 1.89. The molecule has 0 aromatic heterocycles. The molecule has 0 aliphatic heterocycles. The third-order valence-electron chi connectivity index (χ3n) is 3.19. The first-order chi connectivity index (χ1) is 11.0. The van der Waals surface area contributed by atoms with Crippen molar-refractivity contribution in [2.24, 2.45) is 0 Å². The van der Waals surface area contributed by atoms with E-state index in [9.17, 15) is 13.2 Å². The molecular formula is C16H22N2O4S. The topological polar surface area (TPSA) is 86.7 Å². The van der Waals surface area contributed by atoms with Gasteiger partial charge in [-0.3, -0.25) is 4.79 Å². The van der Waals surface area contributed by atoms with Crippen LogP contribution >= 0.6 is 0 Å². The molecule has 7 heteroatoms. The highest BCUT2D eigenvalue weighted by Crippen LogP contribution is 2.14. The summed E-state index contributed by atoms with van der Waals surface area (Å²) in [6.45, 7) is 2.48. The SMILES string of the molecule is C#CCNS(=O)(=O)c1cccc(C(=O)N(CCO)CCCC)c1. The molecule has 0 aliphatic rings. The van der Waals surface area contributed by atoms with Crippen LogP contribution in [-0.2, 0) is 10.0 Å². The van der Waals surface area contributed by atoms with E-state index in [-0.39, 0.29) is 36.1 Å². The lowest BCUT2D eigenvalue weighted by Gasteiger charge is -2.21. The van der Waals surface area contributed by atoms with Crippen molar-refractivity contribution in [3.05, 3.63) is 29.8 Å². The van der Waals surface area contributed by atoms with Crippen molar-refractivity contribution in [1.82, 2.24) is 9.62 Å². The minimum absolute atomic E-state index is 0.0157. The van der Waals surface area contributed by atoms with E-state index in [1.807, 2.05) is 6.92 Å². The molecule has 0 atom stereocenters. The molecule has 6 nitrogen and oxygen atoms in total. The highest BCUT2D eigenvalue weighted by atomic mass is 32.2. The van der Waals surface area contributed by atoms with E-state index in [1.54, 1.807) is 6.07 Å². The first-order valence-electron chi connectivity index (χ1n) is 7.39. The molecule has 1 rings (SSSR count). The van der Waals surface area contributed by atoms with Gasteiger partial charge in [0, 0.05) is 18.7 Å². The maximum Gasteiger partial charge on any atom is 0.253 e. The van der Waals surface area contributed by atoms with Crippen LogP contribution in [0, 0.1) is 12.3 Å². The van der Waals surface area contributed by atoms with Crippen LogP contribution < -0.4 is 4.72 Å². The predicted octanol–water partition coefficient (Wildman–Crippen LogP) is 0.833. The molecule has 0 saturated heterocycles. The lowest BCUT2D eigenvalue weighted by Crippen LogP contribution is -2.34. The summed E-state index contributed by atoms with van der Waals surface area (Å²) in [5, 5.41) is 9.09. The number of carbonyl (C=O) groups excluding carboxylic acids is 1. The van der Waals surface area contributed by atoms with E-state index in [2.05, 4.69) is 10.6 Å². The number of benzene rings is 1. The van der Waals surface area contributed by atoms with Gasteiger partial charge in [0.15, 0.2) is 0 Å². The molecule has 0 unspecified atom stereocenters. The second kappa shape index (κ2) is 9.30. The smallest absolute Gasteiger partial charge is 0.253 e. The van der Waals surface area contributed by atoms with Crippen LogP contribution in [0.25, 0.3) is 0 Å². The maximum absolute atomic E-state index is 12.5. The Kier molecular flexibility index (Phi) is 7.75. The van der Waals surface area contributed by atoms with Crippen molar-refractivity contribution in [3.63, 3.8) is 0 Å². The Morgan fingerprint density at radius 2 is 2.13 bits per heavy atom. The first kappa shape index (κ1) is 19.2. The molecule has 2 N–H and O–H groups in total. The molecule has 0 fully saturated rings. The molecular weight excluding hydrogens is 316 g/mol. The standard InChI is InChI=1S/C16H22N2O4S/c1-3-5-10-18(11-12-19)16(20)14-7-6-8-15(13-14)23(21,22)17-9-4-2/h2,6-8,13,17,19H,3,5,9-12H2,1H3. The molecule has 0 aliphatic carbocycles. The van der Waals surface area contributed by atoms with Crippen molar-refractivity contribution in [1.29, 1.82) is 0 Å². The van der Waals surface area contributed by atoms with Crippen molar-refractivity contribution in [2.75, 3.05) is 26.2 Å². The fourth-order valence-electron chi connectivity index (χ4n) is 1.98. The monoisotopic (exact) mass is 338 g/mol. The number of nitrogens with zero attached hydrogens (tertiary/aromatic N) is 1. The zero-order chi connectivity index (χ0) is 17.3. The van der Waals surface area contributed by atoms with Gasteiger partial charge in [0.25, 0.3) is 5.91 Å². The number of hydrogen-bond acceptors (Lipinski definition) is 4. The number of aliphatic hydroxyl groups is 1. The molecule has 0 saturated carbocycles. The summed E-state index contributed by atoms with van der Waals surface area (Å²) < 4.78 is 26.4. The van der Waals surface area contributed by atoms with E-state index in [4.69, 9.17) is 11.5 Å². The van der Waals surface area contributed by atoms with Crippen LogP contribution in [-0.4, -0.2) is 50.6 Å². The van der Waals surface area contributed by atoms with E-state index in [0.717, 1.165) is 12.8 Å². The van der Waals surface area contributed by atoms with Gasteiger partial charge in [0.05, 0.1) is 18.0 Å². The van der Waals surface area contributed by atoms with Crippen LogP contribution in [0.2, 0.25) is 0 Å². The lowest BCUT2D eigenvalue weighted by molar-refractivity contribution is 0.0719. The molecule has 1 aromatic carbocycles. The number of nitrogens with one attached hydrogen (secondary N) is 1. The van der Waals surface area contributed by atoms with Gasteiger partial charge >= 0.3 is 0 Å². The molecule has 1 aromatic rings. The number of sulfonamides is 1. The molecule has 0 spiro atoms. The second-order valence-corrected chi connectivity index (χ2v) is 6.69. The quantitative estimate of drug-likeness (QED) is 0.653. The van der Waals surface area contributed by atoms with Crippen LogP contribution in [0.4, 0.5) is 0 Å². The fraction of sp³-hybridized carbons (Fsp3) is 0.438. The summed E-state index contributed by atoms with van der Waals surface area (Å²) in [6.07, 6.45) is 6.78. The molecule has 1 amide bonds. The number of unbranched alkanes of at least 4 members (excludes halogenated alkanes) is 1. The van der Waals surface area contributed by atoms with Gasteiger partial charge in [-0.1, -0.05) is 25.3 Å². The van der Waals surface area contributed by atoms with E-state index in [1.165, 1.54) is 23.1 Å². The van der Waals surface area contributed by atoms with Crippen molar-refractivity contribution in [2.45, 2.75) is 24.7 Å². The van der Waals surface area contributed by atoms with Crippen LogP contribution in [0.3, 0.4) is 0 Å². The Hall–Kier alpha value is -1.88. The van der Waals surface area contributed by atoms with E-state index in [0.29, 0.717) is 6.54 Å². The van der Waals surface area contributed by atoms with Crippen molar-refractivity contribution >= 4 is 15.9 Å². The molecule has 23 heavy (non-hydrogen) atoms. The van der Waals surface area contributed by atoms with E-state index < -0.39 is 10.0 Å². The number of terminal acetylenes is 1. The molecule has 0 bridgehead atoms. The predicted molar refractivity (Wildman–Crippen MR) is 88.4 cm³/mol. The van der Waals surface area contributed by atoms with Crippen molar-refractivity contribution in [3.8, 4) is 12.3 Å². The van der Waals surface area contributed by atoms with Crippen LogP contribution in [0.15, 0.2) is 29.2 Å². The number of carbonyl (C=O) groups is 1. The highest BCUT2D eigenvalue weighted by molar-refractivity contribution is 7.89. The zero-order valence-corrected chi connectivity index (χ0v) is 14.0. The Labute approximate surface area is 137 Å². The molecule has 0 heterocycles. The molecule has 126 valence electrons. The molecule has 0 radical (unpaired) electrons. The number of hydrogen-bond donors (Lipinski definition) is 2. The normalized spacial score (nSPS) is 11.0. The fourth-order valence-corrected chi connectivity index (χ4v) is 2.96. The van der Waals surface area contributed by atoms with Gasteiger partial charge in [-0.15, -0.1) is 6.42 Å². The lowest BCUT2D eigenvalue weighted by atomic mass is 10.2. The minimum atomic E-state index is -3.75. The average Bonchev–Trinajstić information content (AvgIpc) is 2.56. The third-order valence-corrected chi connectivity index (χ3v) is 4.59. The summed E-state index contributed by atoms with van der Waals surface area (Å²) in [6, 6.07) is 5.78. The third kappa shape index (κ3) is 5.67. The van der Waals surface area contributed by atoms with Gasteiger partial charge in [0.2, 0.25) is 10.0 Å². The highest BCUT2D eigenvalue weighted by Gasteiger charge is 2.19. The number of rotatable bonds is 9. The second-order valence-electron chi connectivity index (χ2n) is 4.93. The largest absolute Gasteiger partial charge is 0.395 e. The van der Waals surface area contributed by atoms with Gasteiger partial charge in [-0.2, -0.15) is 4.72 Å². The van der Waals surface area contributed by atoms with Gasteiger partial charge in [0.1, 0.15) is 0 Å². The van der Waals surface area contributed by atoms with Gasteiger partial charge < -0.3 is 10.0 Å². The zero-order valence-electron chi connectivity index (χ0n) is 13.2. The number of amides is 1. The minimum Gasteiger partial charge on any atom is -0.395 e. The summed E-state index contributed by atoms with van der Waals surface area (Å²) in [4.78, 5) is 14.0. The Bertz CT molecular complexity index is 665. The number of aliphatic hydroxyl groups excluding tert-OH is 1. The summed E-state index contributed by atoms with van der Waals surface area (Å²) in [7, 11) is -3.75. The maximum atomic E-state index is 12.5. The summed E-state index contributed by atoms with van der Waals surface area (Å²) >= 11 is 0. The van der Waals surface area contributed by atoms with E-state index >= 15 is 0 Å². The summed E-state index contributed by atoms with van der Waals surface area (Å²) in [5.41, 5.74) is 0.262. The first-order valence-corrected chi connectivity index (χ1v) is 8.88.